The highest BCUT2D eigenvalue weighted by Gasteiger charge is 2.12. The number of ether oxygens (including phenoxy) is 1. The van der Waals surface area contributed by atoms with Crippen LogP contribution in [0.5, 0.6) is 0 Å². The minimum absolute atomic E-state index is 0.128. The molecule has 0 fully saturated rings. The molecule has 0 atom stereocenters. The smallest absolute Gasteiger partial charge is 0.409 e. The van der Waals surface area contributed by atoms with E-state index < -0.39 is 6.09 Å². The summed E-state index contributed by atoms with van der Waals surface area (Å²) in [6.07, 6.45) is 3.28. The number of unbranched alkanes of at least 4 members (excludes halogenated alkanes) is 3. The van der Waals surface area contributed by atoms with Gasteiger partial charge in [0.15, 0.2) is 0 Å². The molecule has 0 saturated heterocycles. The lowest BCUT2D eigenvalue weighted by Crippen LogP contribution is -2.36. The Morgan fingerprint density at radius 1 is 1.12 bits per heavy atom. The molecule has 1 radical (unpaired) electrons. The van der Waals surface area contributed by atoms with Crippen molar-refractivity contribution in [3.8, 4) is 0 Å². The maximum atomic E-state index is 11.4. The van der Waals surface area contributed by atoms with Crippen LogP contribution in [0.25, 0.3) is 0 Å². The SMILES string of the molecule is [CH2]CCCCCOC(=O)N(CCO)CCO. The molecule has 16 heavy (non-hydrogen) atoms. The maximum absolute atomic E-state index is 11.4. The Hall–Kier alpha value is -0.810. The van der Waals surface area contributed by atoms with E-state index >= 15 is 0 Å². The first-order valence-electron chi connectivity index (χ1n) is 5.69. The van der Waals surface area contributed by atoms with Crippen LogP contribution in [0.15, 0.2) is 0 Å². The van der Waals surface area contributed by atoms with Gasteiger partial charge < -0.3 is 19.8 Å². The molecule has 0 bridgehead atoms. The molecule has 0 unspecified atom stereocenters. The van der Waals surface area contributed by atoms with Crippen LogP contribution in [0.4, 0.5) is 4.79 Å². The van der Waals surface area contributed by atoms with Gasteiger partial charge in [-0.05, 0) is 6.42 Å². The molecular formula is C11H22NO4. The summed E-state index contributed by atoms with van der Waals surface area (Å²) >= 11 is 0. The van der Waals surface area contributed by atoms with Gasteiger partial charge in [0, 0.05) is 13.1 Å². The number of carbonyl (C=O) groups excluding carboxylic acids is 1. The molecule has 0 aliphatic carbocycles. The van der Waals surface area contributed by atoms with E-state index in [1.54, 1.807) is 0 Å². The van der Waals surface area contributed by atoms with Crippen LogP contribution >= 0.6 is 0 Å². The van der Waals surface area contributed by atoms with Crippen LogP contribution in [0.3, 0.4) is 0 Å². The Balaban J connectivity index is 3.65. The summed E-state index contributed by atoms with van der Waals surface area (Å²) in [5, 5.41) is 17.4. The third-order valence-corrected chi connectivity index (χ3v) is 2.12. The normalized spacial score (nSPS) is 10.2. The molecular weight excluding hydrogens is 210 g/mol. The quantitative estimate of drug-likeness (QED) is 0.577. The predicted molar refractivity (Wildman–Crippen MR) is 60.9 cm³/mol. The number of hydrogen-bond acceptors (Lipinski definition) is 4. The summed E-state index contributed by atoms with van der Waals surface area (Å²) in [5.41, 5.74) is 0. The molecule has 0 aromatic rings. The minimum atomic E-state index is -0.474. The largest absolute Gasteiger partial charge is 0.449 e. The lowest BCUT2D eigenvalue weighted by atomic mass is 10.2. The zero-order valence-electron chi connectivity index (χ0n) is 9.73. The first-order chi connectivity index (χ1) is 7.76. The number of carbonyl (C=O) groups is 1. The fourth-order valence-corrected chi connectivity index (χ4v) is 1.24. The number of amides is 1. The van der Waals surface area contributed by atoms with E-state index in [0.717, 1.165) is 25.7 Å². The second-order valence-corrected chi connectivity index (χ2v) is 3.46. The average Bonchev–Trinajstić information content (AvgIpc) is 2.28. The van der Waals surface area contributed by atoms with Crippen molar-refractivity contribution in [1.82, 2.24) is 4.90 Å². The number of aliphatic hydroxyl groups excluding tert-OH is 2. The van der Waals surface area contributed by atoms with Gasteiger partial charge in [0.2, 0.25) is 0 Å². The Labute approximate surface area is 97.0 Å². The highest BCUT2D eigenvalue weighted by Crippen LogP contribution is 2.00. The van der Waals surface area contributed by atoms with Gasteiger partial charge in [0.1, 0.15) is 0 Å². The van der Waals surface area contributed by atoms with Crippen LogP contribution < -0.4 is 0 Å². The van der Waals surface area contributed by atoms with Gasteiger partial charge in [-0.15, -0.1) is 0 Å². The van der Waals surface area contributed by atoms with Gasteiger partial charge >= 0.3 is 6.09 Å². The van der Waals surface area contributed by atoms with Gasteiger partial charge in [-0.1, -0.05) is 26.2 Å². The van der Waals surface area contributed by atoms with Crippen molar-refractivity contribution in [2.45, 2.75) is 25.7 Å². The predicted octanol–water partition coefficient (Wildman–Crippen LogP) is 0.804. The minimum Gasteiger partial charge on any atom is -0.449 e. The van der Waals surface area contributed by atoms with Crippen LogP contribution in [-0.2, 0) is 4.74 Å². The second kappa shape index (κ2) is 10.7. The van der Waals surface area contributed by atoms with Crippen molar-refractivity contribution in [2.24, 2.45) is 0 Å². The summed E-state index contributed by atoms with van der Waals surface area (Å²) in [5.74, 6) is 0. The maximum Gasteiger partial charge on any atom is 0.409 e. The van der Waals surface area contributed by atoms with E-state index in [-0.39, 0.29) is 26.3 Å². The summed E-state index contributed by atoms with van der Waals surface area (Å²) < 4.78 is 5.00. The molecule has 0 saturated carbocycles. The van der Waals surface area contributed by atoms with E-state index in [4.69, 9.17) is 14.9 Å². The van der Waals surface area contributed by atoms with Crippen molar-refractivity contribution in [3.63, 3.8) is 0 Å². The number of nitrogens with zero attached hydrogens (tertiary/aromatic N) is 1. The molecule has 2 N–H and O–H groups in total. The average molecular weight is 232 g/mol. The monoisotopic (exact) mass is 232 g/mol. The van der Waals surface area contributed by atoms with Crippen molar-refractivity contribution in [3.05, 3.63) is 6.92 Å². The van der Waals surface area contributed by atoms with Crippen molar-refractivity contribution >= 4 is 6.09 Å². The first kappa shape index (κ1) is 15.2. The molecule has 5 nitrogen and oxygen atoms in total. The summed E-state index contributed by atoms with van der Waals surface area (Å²) in [6, 6.07) is 0. The highest BCUT2D eigenvalue weighted by molar-refractivity contribution is 5.67. The Morgan fingerprint density at radius 2 is 1.75 bits per heavy atom. The highest BCUT2D eigenvalue weighted by atomic mass is 16.6. The van der Waals surface area contributed by atoms with Crippen LogP contribution in [0, 0.1) is 6.92 Å². The topological polar surface area (TPSA) is 70.0 Å². The van der Waals surface area contributed by atoms with Gasteiger partial charge in [0.05, 0.1) is 19.8 Å². The van der Waals surface area contributed by atoms with Gasteiger partial charge in [-0.3, -0.25) is 0 Å². The molecule has 1 amide bonds. The lowest BCUT2D eigenvalue weighted by Gasteiger charge is -2.19. The van der Waals surface area contributed by atoms with E-state index in [2.05, 4.69) is 6.92 Å². The molecule has 0 rings (SSSR count). The van der Waals surface area contributed by atoms with E-state index in [1.165, 1.54) is 4.90 Å². The number of rotatable bonds is 9. The molecule has 0 aromatic heterocycles. The Bertz CT molecular complexity index is 169. The van der Waals surface area contributed by atoms with Gasteiger partial charge in [0.25, 0.3) is 0 Å². The summed E-state index contributed by atoms with van der Waals surface area (Å²) in [6.45, 7) is 4.23. The summed E-state index contributed by atoms with van der Waals surface area (Å²) in [4.78, 5) is 12.7. The van der Waals surface area contributed by atoms with E-state index in [9.17, 15) is 4.79 Å². The Morgan fingerprint density at radius 3 is 2.25 bits per heavy atom. The fourth-order valence-electron chi connectivity index (χ4n) is 1.24. The van der Waals surface area contributed by atoms with Crippen molar-refractivity contribution in [2.75, 3.05) is 32.9 Å². The summed E-state index contributed by atoms with van der Waals surface area (Å²) in [7, 11) is 0. The molecule has 5 heteroatoms. The molecule has 95 valence electrons. The van der Waals surface area contributed by atoms with E-state index in [1.807, 2.05) is 0 Å². The van der Waals surface area contributed by atoms with E-state index in [0.29, 0.717) is 6.61 Å². The zero-order valence-corrected chi connectivity index (χ0v) is 9.73. The zero-order chi connectivity index (χ0) is 12.2. The lowest BCUT2D eigenvalue weighted by molar-refractivity contribution is 0.0846. The Kier molecular flexibility index (Phi) is 10.2. The molecule has 0 heterocycles. The molecule has 0 spiro atoms. The fraction of sp³-hybridized carbons (Fsp3) is 0.818. The third-order valence-electron chi connectivity index (χ3n) is 2.12. The van der Waals surface area contributed by atoms with Crippen LogP contribution in [0.1, 0.15) is 25.7 Å². The standard InChI is InChI=1S/C11H22NO4/c1-2-3-4-5-10-16-11(15)12(6-8-13)7-9-14/h13-14H,1-10H2. The van der Waals surface area contributed by atoms with Gasteiger partial charge in [-0.2, -0.15) is 0 Å². The number of aliphatic hydroxyl groups is 2. The first-order valence-corrected chi connectivity index (χ1v) is 5.69. The van der Waals surface area contributed by atoms with Crippen LogP contribution in [-0.4, -0.2) is 54.1 Å². The second-order valence-electron chi connectivity index (χ2n) is 3.46. The number of hydrogen-bond donors (Lipinski definition) is 2. The van der Waals surface area contributed by atoms with Crippen LogP contribution in [0.2, 0.25) is 0 Å². The molecule has 0 aliphatic rings. The third kappa shape index (κ3) is 7.48. The molecule has 0 aliphatic heterocycles. The van der Waals surface area contributed by atoms with Crippen molar-refractivity contribution in [1.29, 1.82) is 0 Å². The van der Waals surface area contributed by atoms with Crippen molar-refractivity contribution < 1.29 is 19.7 Å². The van der Waals surface area contributed by atoms with Gasteiger partial charge in [-0.25, -0.2) is 4.79 Å². The molecule has 0 aromatic carbocycles.